The summed E-state index contributed by atoms with van der Waals surface area (Å²) in [6, 6.07) is 3.68. The second kappa shape index (κ2) is 4.87. The van der Waals surface area contributed by atoms with Crippen LogP contribution < -0.4 is 11.2 Å². The maximum Gasteiger partial charge on any atom is 0.331 e. The minimum Gasteiger partial charge on any atom is -0.494 e. The molecule has 0 aliphatic carbocycles. The largest absolute Gasteiger partial charge is 0.494 e. The summed E-state index contributed by atoms with van der Waals surface area (Å²) < 4.78 is 1.14. The van der Waals surface area contributed by atoms with Crippen LogP contribution in [0.5, 0.6) is 5.88 Å². The van der Waals surface area contributed by atoms with Crippen LogP contribution >= 0.6 is 0 Å². The molecule has 2 heterocycles. The second-order valence-electron chi connectivity index (χ2n) is 3.97. The Bertz CT molecular complexity index is 659. The van der Waals surface area contributed by atoms with Crippen molar-refractivity contribution in [1.29, 1.82) is 0 Å². The lowest BCUT2D eigenvalue weighted by atomic mass is 10.2. The number of hydrogen-bond donors (Lipinski definition) is 2. The van der Waals surface area contributed by atoms with Crippen molar-refractivity contribution in [2.75, 3.05) is 0 Å². The number of aromatic amines is 1. The van der Waals surface area contributed by atoms with Crippen LogP contribution in [0.15, 0.2) is 34.1 Å². The van der Waals surface area contributed by atoms with Crippen LogP contribution in [0, 0.1) is 6.92 Å². The molecule has 0 radical (unpaired) electrons. The molecule has 0 amide bonds. The van der Waals surface area contributed by atoms with Crippen molar-refractivity contribution in [2.24, 2.45) is 0 Å². The maximum atomic E-state index is 11.6. The molecule has 6 nitrogen and oxygen atoms in total. The van der Waals surface area contributed by atoms with Gasteiger partial charge in [-0.2, -0.15) is 0 Å². The van der Waals surface area contributed by atoms with E-state index in [0.29, 0.717) is 6.42 Å². The number of aryl methyl sites for hydroxylation is 1. The first kappa shape index (κ1) is 12.1. The predicted octanol–water partition coefficient (Wildman–Crippen LogP) is 0.188. The summed E-state index contributed by atoms with van der Waals surface area (Å²) >= 11 is 0. The molecule has 94 valence electrons. The van der Waals surface area contributed by atoms with Gasteiger partial charge in [-0.1, -0.05) is 6.07 Å². The van der Waals surface area contributed by atoms with E-state index in [1.54, 1.807) is 18.5 Å². The summed E-state index contributed by atoms with van der Waals surface area (Å²) in [5, 5.41) is 9.76. The fourth-order valence-electron chi connectivity index (χ4n) is 1.65. The highest BCUT2D eigenvalue weighted by Gasteiger charge is 2.09. The number of nitrogens with one attached hydrogen (secondary N) is 1. The topological polar surface area (TPSA) is 88.0 Å². The molecule has 0 aliphatic rings. The zero-order valence-corrected chi connectivity index (χ0v) is 9.88. The third-order valence-electron chi connectivity index (χ3n) is 2.74. The van der Waals surface area contributed by atoms with E-state index < -0.39 is 11.2 Å². The Morgan fingerprint density at radius 1 is 1.44 bits per heavy atom. The molecular formula is C12H13N3O3. The molecule has 0 unspecified atom stereocenters. The highest BCUT2D eigenvalue weighted by Crippen LogP contribution is 2.09. The van der Waals surface area contributed by atoms with Crippen LogP contribution in [0.2, 0.25) is 0 Å². The van der Waals surface area contributed by atoms with Gasteiger partial charge in [0.15, 0.2) is 0 Å². The van der Waals surface area contributed by atoms with Crippen LogP contribution in [0.4, 0.5) is 0 Å². The summed E-state index contributed by atoms with van der Waals surface area (Å²) in [5.74, 6) is -0.285. The Morgan fingerprint density at radius 3 is 2.89 bits per heavy atom. The number of rotatable bonds is 3. The van der Waals surface area contributed by atoms with Gasteiger partial charge in [-0.05, 0) is 25.0 Å². The summed E-state index contributed by atoms with van der Waals surface area (Å²) in [6.45, 7) is 1.75. The van der Waals surface area contributed by atoms with Crippen LogP contribution in [0.3, 0.4) is 0 Å². The fourth-order valence-corrected chi connectivity index (χ4v) is 1.65. The van der Waals surface area contributed by atoms with Gasteiger partial charge < -0.3 is 5.11 Å². The number of hydrogen-bond acceptors (Lipinski definition) is 4. The molecule has 2 aromatic heterocycles. The molecule has 0 saturated carbocycles. The van der Waals surface area contributed by atoms with E-state index in [-0.39, 0.29) is 18.0 Å². The summed E-state index contributed by atoms with van der Waals surface area (Å²) in [6.07, 6.45) is 3.91. The summed E-state index contributed by atoms with van der Waals surface area (Å²) in [4.78, 5) is 28.9. The standard InChI is InChI=1S/C12H13N3O3/c1-8-10(16)14-12(18)15(11(8)17)6-4-9-3-2-5-13-7-9/h2-3,5,7,17H,4,6H2,1H3,(H,14,16,18). The first-order chi connectivity index (χ1) is 8.59. The zero-order valence-electron chi connectivity index (χ0n) is 9.88. The van der Waals surface area contributed by atoms with Gasteiger partial charge in [0.1, 0.15) is 0 Å². The van der Waals surface area contributed by atoms with Gasteiger partial charge in [0.2, 0.25) is 5.88 Å². The number of aromatic nitrogens is 3. The minimum atomic E-state index is -0.605. The van der Waals surface area contributed by atoms with Crippen molar-refractivity contribution >= 4 is 0 Å². The average Bonchev–Trinajstić information content (AvgIpc) is 2.37. The molecule has 0 saturated heterocycles. The van der Waals surface area contributed by atoms with E-state index >= 15 is 0 Å². The monoisotopic (exact) mass is 247 g/mol. The van der Waals surface area contributed by atoms with Gasteiger partial charge >= 0.3 is 5.69 Å². The molecule has 0 fully saturated rings. The fraction of sp³-hybridized carbons (Fsp3) is 0.250. The van der Waals surface area contributed by atoms with Crippen molar-refractivity contribution < 1.29 is 5.11 Å². The van der Waals surface area contributed by atoms with Gasteiger partial charge in [-0.15, -0.1) is 0 Å². The number of nitrogens with zero attached hydrogens (tertiary/aromatic N) is 2. The Balaban J connectivity index is 2.28. The van der Waals surface area contributed by atoms with E-state index in [1.165, 1.54) is 6.92 Å². The second-order valence-corrected chi connectivity index (χ2v) is 3.97. The minimum absolute atomic E-state index is 0.140. The van der Waals surface area contributed by atoms with E-state index in [0.717, 1.165) is 10.1 Å². The van der Waals surface area contributed by atoms with E-state index in [9.17, 15) is 14.7 Å². The van der Waals surface area contributed by atoms with Gasteiger partial charge in [-0.25, -0.2) is 4.79 Å². The van der Waals surface area contributed by atoms with Gasteiger partial charge in [0.25, 0.3) is 5.56 Å². The molecule has 2 N–H and O–H groups in total. The van der Waals surface area contributed by atoms with Crippen molar-refractivity contribution in [3.05, 3.63) is 56.5 Å². The first-order valence-electron chi connectivity index (χ1n) is 5.51. The molecule has 0 bridgehead atoms. The van der Waals surface area contributed by atoms with Crippen LogP contribution in [0.25, 0.3) is 0 Å². The molecule has 2 rings (SSSR count). The Kier molecular flexibility index (Phi) is 3.27. The third-order valence-corrected chi connectivity index (χ3v) is 2.74. The van der Waals surface area contributed by atoms with Gasteiger partial charge in [0.05, 0.1) is 5.56 Å². The Morgan fingerprint density at radius 2 is 2.22 bits per heavy atom. The highest BCUT2D eigenvalue weighted by atomic mass is 16.3. The first-order valence-corrected chi connectivity index (χ1v) is 5.51. The lowest BCUT2D eigenvalue weighted by Gasteiger charge is -2.09. The normalized spacial score (nSPS) is 10.5. The van der Waals surface area contributed by atoms with E-state index in [2.05, 4.69) is 9.97 Å². The quantitative estimate of drug-likeness (QED) is 0.810. The smallest absolute Gasteiger partial charge is 0.331 e. The number of pyridine rings is 1. The van der Waals surface area contributed by atoms with Crippen LogP contribution in [-0.4, -0.2) is 19.6 Å². The van der Waals surface area contributed by atoms with E-state index in [4.69, 9.17) is 0 Å². The third kappa shape index (κ3) is 2.32. The molecule has 0 atom stereocenters. The molecule has 0 spiro atoms. The SMILES string of the molecule is Cc1c(O)n(CCc2cccnc2)c(=O)[nH]c1=O. The molecule has 0 aliphatic heterocycles. The Labute approximate surface area is 103 Å². The molecule has 6 heteroatoms. The van der Waals surface area contributed by atoms with Crippen LogP contribution in [0.1, 0.15) is 11.1 Å². The molecule has 2 aromatic rings. The van der Waals surface area contributed by atoms with Crippen LogP contribution in [-0.2, 0) is 13.0 Å². The molecular weight excluding hydrogens is 234 g/mol. The van der Waals surface area contributed by atoms with Crippen molar-refractivity contribution in [3.8, 4) is 5.88 Å². The summed E-state index contributed by atoms with van der Waals surface area (Å²) in [5.41, 5.74) is -0.0736. The van der Waals surface area contributed by atoms with Gasteiger partial charge in [0, 0.05) is 18.9 Å². The number of aromatic hydroxyl groups is 1. The lowest BCUT2D eigenvalue weighted by Crippen LogP contribution is -2.31. The average molecular weight is 247 g/mol. The van der Waals surface area contributed by atoms with Crippen molar-refractivity contribution in [3.63, 3.8) is 0 Å². The van der Waals surface area contributed by atoms with Crippen molar-refractivity contribution in [2.45, 2.75) is 19.9 Å². The summed E-state index contributed by atoms with van der Waals surface area (Å²) in [7, 11) is 0. The lowest BCUT2D eigenvalue weighted by molar-refractivity contribution is 0.395. The maximum absolute atomic E-state index is 11.6. The van der Waals surface area contributed by atoms with Crippen molar-refractivity contribution in [1.82, 2.24) is 14.5 Å². The molecule has 18 heavy (non-hydrogen) atoms. The zero-order chi connectivity index (χ0) is 13.1. The Hall–Kier alpha value is -2.37. The van der Waals surface area contributed by atoms with E-state index in [1.807, 2.05) is 6.07 Å². The van der Waals surface area contributed by atoms with Gasteiger partial charge in [-0.3, -0.25) is 19.3 Å². The predicted molar refractivity (Wildman–Crippen MR) is 65.7 cm³/mol. The molecule has 0 aromatic carbocycles. The number of H-pyrrole nitrogens is 1. The highest BCUT2D eigenvalue weighted by molar-refractivity contribution is 5.20.